The fraction of sp³-hybridized carbons (Fsp3) is 0.529. The highest BCUT2D eigenvalue weighted by Crippen LogP contribution is 2.64. The molecule has 3 fully saturated rings. The SMILES string of the molecule is O=C([O-])CCCN1C(=O)[C@H]2[C@H]3C[C@H](C4=Cc5sc(=O)[nH]c5S[C@H]43)[C@H]2C1=O. The molecule has 2 aliphatic carbocycles. The quantitative estimate of drug-likeness (QED) is 0.728. The predicted molar refractivity (Wildman–Crippen MR) is 92.1 cm³/mol. The molecule has 136 valence electrons. The number of thiazole rings is 1. The number of aromatic amines is 1. The van der Waals surface area contributed by atoms with Crippen molar-refractivity contribution in [2.75, 3.05) is 6.54 Å². The number of aromatic nitrogens is 1. The summed E-state index contributed by atoms with van der Waals surface area (Å²) in [6.45, 7) is 0.148. The molecule has 7 nitrogen and oxygen atoms in total. The Kier molecular flexibility index (Phi) is 3.49. The number of nitrogens with one attached hydrogen (secondary N) is 1. The van der Waals surface area contributed by atoms with Crippen LogP contribution in [0.2, 0.25) is 0 Å². The maximum absolute atomic E-state index is 12.8. The molecule has 2 aliphatic heterocycles. The minimum absolute atomic E-state index is 0.0513. The Bertz CT molecular complexity index is 932. The molecule has 4 aliphatic rings. The van der Waals surface area contributed by atoms with Crippen molar-refractivity contribution in [2.24, 2.45) is 23.7 Å². The Labute approximate surface area is 156 Å². The number of H-pyrrole nitrogens is 1. The summed E-state index contributed by atoms with van der Waals surface area (Å²) >= 11 is 2.78. The van der Waals surface area contributed by atoms with E-state index in [1.165, 1.54) is 21.8 Å². The van der Waals surface area contributed by atoms with Crippen LogP contribution >= 0.6 is 23.1 Å². The number of hydrogen-bond acceptors (Lipinski definition) is 7. The van der Waals surface area contributed by atoms with Crippen molar-refractivity contribution in [1.29, 1.82) is 0 Å². The van der Waals surface area contributed by atoms with Gasteiger partial charge in [-0.05, 0) is 37.2 Å². The van der Waals surface area contributed by atoms with Crippen LogP contribution in [0.3, 0.4) is 0 Å². The van der Waals surface area contributed by atoms with E-state index in [4.69, 9.17) is 0 Å². The highest BCUT2D eigenvalue weighted by molar-refractivity contribution is 8.00. The van der Waals surface area contributed by atoms with Crippen LogP contribution in [0.15, 0.2) is 15.4 Å². The van der Waals surface area contributed by atoms with Gasteiger partial charge in [-0.25, -0.2) is 0 Å². The minimum atomic E-state index is -1.17. The van der Waals surface area contributed by atoms with Crippen molar-refractivity contribution >= 4 is 47.0 Å². The number of imide groups is 1. The molecule has 1 aromatic heterocycles. The number of rotatable bonds is 4. The standard InChI is InChI=1S/C17H16N2O5S2/c20-10(21)2-1-3-19-15(22)11-6-4-8(12(11)16(19)23)13-7(6)5-9-14(26-13)18-17(24)25-9/h5-6,8,11-13H,1-4H2,(H,18,24)(H,20,21)/p-1/t6-,8-,11-,12+,13-/m1/s1. The summed E-state index contributed by atoms with van der Waals surface area (Å²) in [5, 5.41) is 11.6. The number of carbonyl (C=O) groups excluding carboxylic acids is 3. The molecular formula is C17H15N2O5S2-. The second-order valence-corrected chi connectivity index (χ2v) is 9.42. The first kappa shape index (κ1) is 16.3. The normalized spacial score (nSPS) is 33.9. The molecule has 2 bridgehead atoms. The van der Waals surface area contributed by atoms with Gasteiger partial charge in [0, 0.05) is 17.8 Å². The van der Waals surface area contributed by atoms with Gasteiger partial charge >= 0.3 is 4.87 Å². The van der Waals surface area contributed by atoms with Crippen molar-refractivity contribution < 1.29 is 19.5 Å². The zero-order valence-electron chi connectivity index (χ0n) is 13.6. The van der Waals surface area contributed by atoms with E-state index in [2.05, 4.69) is 4.98 Å². The fourth-order valence-electron chi connectivity index (χ4n) is 5.08. The summed E-state index contributed by atoms with van der Waals surface area (Å²) < 4.78 is 0. The summed E-state index contributed by atoms with van der Waals surface area (Å²) in [5.41, 5.74) is 1.18. The summed E-state index contributed by atoms with van der Waals surface area (Å²) in [5.74, 6) is -1.97. The van der Waals surface area contributed by atoms with E-state index >= 15 is 0 Å². The first-order valence-electron chi connectivity index (χ1n) is 8.62. The topological polar surface area (TPSA) is 110 Å². The number of aliphatic carboxylic acids is 1. The number of likely N-dealkylation sites (tertiary alicyclic amines) is 1. The van der Waals surface area contributed by atoms with Gasteiger partial charge in [0.2, 0.25) is 11.8 Å². The van der Waals surface area contributed by atoms with Crippen LogP contribution in [0.5, 0.6) is 0 Å². The van der Waals surface area contributed by atoms with E-state index in [0.29, 0.717) is 0 Å². The van der Waals surface area contributed by atoms with E-state index < -0.39 is 5.97 Å². The number of thioether (sulfide) groups is 1. The fourth-order valence-corrected chi connectivity index (χ4v) is 7.52. The monoisotopic (exact) mass is 391 g/mol. The lowest BCUT2D eigenvalue weighted by molar-refractivity contribution is -0.305. The zero-order valence-corrected chi connectivity index (χ0v) is 15.2. The zero-order chi connectivity index (χ0) is 18.2. The molecular weight excluding hydrogens is 376 g/mol. The van der Waals surface area contributed by atoms with Crippen molar-refractivity contribution in [1.82, 2.24) is 9.88 Å². The summed E-state index contributed by atoms with van der Waals surface area (Å²) in [6, 6.07) is 0. The molecule has 9 heteroatoms. The number of carboxylic acids is 1. The first-order valence-corrected chi connectivity index (χ1v) is 10.3. The van der Waals surface area contributed by atoms with Crippen LogP contribution in [-0.4, -0.2) is 39.5 Å². The maximum Gasteiger partial charge on any atom is 0.305 e. The van der Waals surface area contributed by atoms with Gasteiger partial charge in [-0.2, -0.15) is 0 Å². The van der Waals surface area contributed by atoms with Crippen LogP contribution in [0.25, 0.3) is 6.08 Å². The average molecular weight is 391 g/mol. The molecule has 1 saturated heterocycles. The molecule has 0 unspecified atom stereocenters. The molecule has 5 rings (SSSR count). The van der Waals surface area contributed by atoms with Gasteiger partial charge in [0.25, 0.3) is 0 Å². The molecule has 1 aromatic rings. The average Bonchev–Trinajstić information content (AvgIpc) is 3.28. The van der Waals surface area contributed by atoms with Crippen LogP contribution < -0.4 is 9.98 Å². The Morgan fingerprint density at radius 1 is 1.27 bits per heavy atom. The van der Waals surface area contributed by atoms with Gasteiger partial charge in [-0.15, -0.1) is 0 Å². The Balaban J connectivity index is 1.43. The molecule has 2 saturated carbocycles. The van der Waals surface area contributed by atoms with E-state index in [-0.39, 0.29) is 65.0 Å². The highest BCUT2D eigenvalue weighted by atomic mass is 32.2. The summed E-state index contributed by atoms with van der Waals surface area (Å²) in [4.78, 5) is 52.8. The lowest BCUT2D eigenvalue weighted by Gasteiger charge is -2.32. The molecule has 5 atom stereocenters. The van der Waals surface area contributed by atoms with Crippen LogP contribution in [0, 0.1) is 23.7 Å². The van der Waals surface area contributed by atoms with Crippen LogP contribution in [-0.2, 0) is 14.4 Å². The third-order valence-corrected chi connectivity index (χ3v) is 8.39. The number of hydrogen-bond donors (Lipinski definition) is 1. The largest absolute Gasteiger partial charge is 0.550 e. The molecule has 3 heterocycles. The van der Waals surface area contributed by atoms with E-state index in [1.54, 1.807) is 11.8 Å². The molecule has 26 heavy (non-hydrogen) atoms. The van der Waals surface area contributed by atoms with Crippen molar-refractivity contribution in [2.45, 2.75) is 29.5 Å². The Morgan fingerprint density at radius 2 is 2.04 bits per heavy atom. The van der Waals surface area contributed by atoms with Gasteiger partial charge in [-0.1, -0.05) is 28.7 Å². The van der Waals surface area contributed by atoms with Crippen LogP contribution in [0.1, 0.15) is 24.1 Å². The third kappa shape index (κ3) is 2.13. The number of nitrogens with zero attached hydrogens (tertiary/aromatic N) is 1. The number of carbonyl (C=O) groups is 3. The first-order chi connectivity index (χ1) is 12.5. The number of amides is 2. The van der Waals surface area contributed by atoms with Crippen LogP contribution in [0.4, 0.5) is 0 Å². The molecule has 0 aromatic carbocycles. The predicted octanol–water partition coefficient (Wildman–Crippen LogP) is 0.0751. The Hall–Kier alpha value is -1.87. The second kappa shape index (κ2) is 5.56. The number of carboxylic acid groups (broad SMARTS) is 1. The van der Waals surface area contributed by atoms with E-state index in [0.717, 1.165) is 16.3 Å². The van der Waals surface area contributed by atoms with E-state index in [9.17, 15) is 24.3 Å². The van der Waals surface area contributed by atoms with Crippen molar-refractivity contribution in [3.63, 3.8) is 0 Å². The van der Waals surface area contributed by atoms with Gasteiger partial charge in [0.05, 0.1) is 21.7 Å². The van der Waals surface area contributed by atoms with Gasteiger partial charge in [0.1, 0.15) is 0 Å². The van der Waals surface area contributed by atoms with Crippen molar-refractivity contribution in [3.05, 3.63) is 20.1 Å². The molecule has 0 radical (unpaired) electrons. The highest BCUT2D eigenvalue weighted by Gasteiger charge is 2.66. The van der Waals surface area contributed by atoms with Gasteiger partial charge in [-0.3, -0.25) is 19.3 Å². The summed E-state index contributed by atoms with van der Waals surface area (Å²) in [7, 11) is 0. The van der Waals surface area contributed by atoms with Crippen molar-refractivity contribution in [3.8, 4) is 0 Å². The lowest BCUT2D eigenvalue weighted by atomic mass is 9.77. The molecule has 0 spiro atoms. The molecule has 2 amide bonds. The second-order valence-electron chi connectivity index (χ2n) is 7.25. The smallest absolute Gasteiger partial charge is 0.305 e. The molecule has 1 N–H and O–H groups in total. The summed E-state index contributed by atoms with van der Waals surface area (Å²) in [6.07, 6.45) is 2.95. The van der Waals surface area contributed by atoms with E-state index in [1.807, 2.05) is 6.08 Å². The minimum Gasteiger partial charge on any atom is -0.550 e. The maximum atomic E-state index is 12.8. The Morgan fingerprint density at radius 3 is 2.81 bits per heavy atom. The third-order valence-electron chi connectivity index (χ3n) is 6.00. The van der Waals surface area contributed by atoms with Gasteiger partial charge < -0.3 is 14.9 Å². The number of fused-ring (bicyclic) bond motifs is 9. The van der Waals surface area contributed by atoms with Gasteiger partial charge in [0.15, 0.2) is 0 Å². The lowest BCUT2D eigenvalue weighted by Crippen LogP contribution is -2.35.